The van der Waals surface area contributed by atoms with Gasteiger partial charge in [0.25, 0.3) is 0 Å². The van der Waals surface area contributed by atoms with E-state index in [1.807, 2.05) is 6.07 Å². The fraction of sp³-hybridized carbons (Fsp3) is 0.136. The molecule has 0 amide bonds. The number of rotatable bonds is 6. The summed E-state index contributed by atoms with van der Waals surface area (Å²) in [7, 11) is 0. The van der Waals surface area contributed by atoms with Gasteiger partial charge in [-0.25, -0.2) is 4.98 Å². The second kappa shape index (κ2) is 8.75. The van der Waals surface area contributed by atoms with Gasteiger partial charge in [-0.15, -0.1) is 0 Å². The maximum absolute atomic E-state index is 13.4. The zero-order valence-electron chi connectivity index (χ0n) is 16.1. The molecule has 1 heterocycles. The number of hydrogen-bond donors (Lipinski definition) is 1. The van der Waals surface area contributed by atoms with Crippen LogP contribution in [0.5, 0.6) is 23.1 Å². The molecule has 0 bridgehead atoms. The number of carbonyl (C=O) groups is 1. The van der Waals surface area contributed by atoms with Gasteiger partial charge >= 0.3 is 6.18 Å². The highest BCUT2D eigenvalue weighted by Gasteiger charge is 2.39. The third kappa shape index (κ3) is 5.11. The first-order valence-electron chi connectivity index (χ1n) is 8.89. The fourth-order valence-corrected chi connectivity index (χ4v) is 2.74. The number of Topliss-reactive ketones (excluding diaryl/α,β-unsaturated/α-hetero) is 1. The lowest BCUT2D eigenvalue weighted by atomic mass is 10.0. The summed E-state index contributed by atoms with van der Waals surface area (Å²) in [5.74, 6) is -1.86. The van der Waals surface area contributed by atoms with Crippen LogP contribution in [-0.4, -0.2) is 15.9 Å². The maximum atomic E-state index is 13.4. The standard InChI is InChI=1S/C22H15F3N2O4/c1-13(28)17-6-7-18(20(21(17)29)22(23,24)25)30-12-14-3-2-4-16(9-14)31-19-8-5-15(10-26)11-27-19/h2-9,11,29H,12H2,1H3. The largest absolute Gasteiger partial charge is 0.506 e. The molecule has 1 N–H and O–H groups in total. The number of phenols is 1. The average molecular weight is 428 g/mol. The van der Waals surface area contributed by atoms with Gasteiger partial charge in [0.2, 0.25) is 5.88 Å². The number of ketones is 1. The molecule has 158 valence electrons. The molecule has 2 aromatic carbocycles. The van der Waals surface area contributed by atoms with Crippen molar-refractivity contribution in [3.8, 4) is 29.2 Å². The van der Waals surface area contributed by atoms with Crippen molar-refractivity contribution in [2.45, 2.75) is 19.7 Å². The van der Waals surface area contributed by atoms with E-state index in [0.717, 1.165) is 19.1 Å². The normalized spacial score (nSPS) is 10.9. The molecule has 0 aliphatic rings. The van der Waals surface area contributed by atoms with Gasteiger partial charge in [-0.2, -0.15) is 18.4 Å². The van der Waals surface area contributed by atoms with Crippen molar-refractivity contribution < 1.29 is 32.5 Å². The zero-order chi connectivity index (χ0) is 22.6. The molecule has 0 radical (unpaired) electrons. The Hall–Kier alpha value is -4.06. The SMILES string of the molecule is CC(=O)c1ccc(OCc2cccc(Oc3ccc(C#N)cn3)c2)c(C(F)(F)F)c1O. The minimum absolute atomic E-state index is 0.237. The fourth-order valence-electron chi connectivity index (χ4n) is 2.74. The monoisotopic (exact) mass is 428 g/mol. The van der Waals surface area contributed by atoms with E-state index in [2.05, 4.69) is 4.98 Å². The van der Waals surface area contributed by atoms with Crippen molar-refractivity contribution in [3.63, 3.8) is 0 Å². The van der Waals surface area contributed by atoms with Crippen LogP contribution in [-0.2, 0) is 12.8 Å². The van der Waals surface area contributed by atoms with Crippen LogP contribution in [0.4, 0.5) is 13.2 Å². The first-order valence-corrected chi connectivity index (χ1v) is 8.89. The molecule has 0 atom stereocenters. The quantitative estimate of drug-likeness (QED) is 0.539. The molecule has 1 aromatic heterocycles. The summed E-state index contributed by atoms with van der Waals surface area (Å²) in [5.41, 5.74) is -0.984. The van der Waals surface area contributed by atoms with Crippen LogP contribution in [0, 0.1) is 11.3 Å². The highest BCUT2D eigenvalue weighted by atomic mass is 19.4. The Morgan fingerprint density at radius 1 is 1.19 bits per heavy atom. The molecule has 3 aromatic rings. The number of hydrogen-bond acceptors (Lipinski definition) is 6. The van der Waals surface area contributed by atoms with Gasteiger partial charge < -0.3 is 14.6 Å². The minimum Gasteiger partial charge on any atom is -0.506 e. The highest BCUT2D eigenvalue weighted by molar-refractivity contribution is 5.97. The van der Waals surface area contributed by atoms with Crippen LogP contribution >= 0.6 is 0 Å². The molecular weight excluding hydrogens is 413 g/mol. The third-order valence-corrected chi connectivity index (χ3v) is 4.18. The van der Waals surface area contributed by atoms with Crippen molar-refractivity contribution in [3.05, 3.63) is 77.0 Å². The van der Waals surface area contributed by atoms with E-state index >= 15 is 0 Å². The summed E-state index contributed by atoms with van der Waals surface area (Å²) in [6.45, 7) is 0.809. The Morgan fingerprint density at radius 3 is 2.58 bits per heavy atom. The number of aromatic hydroxyl groups is 1. The predicted molar refractivity (Wildman–Crippen MR) is 103 cm³/mol. The van der Waals surface area contributed by atoms with Crippen LogP contribution in [0.3, 0.4) is 0 Å². The van der Waals surface area contributed by atoms with Crippen molar-refractivity contribution >= 4 is 5.78 Å². The van der Waals surface area contributed by atoms with E-state index < -0.39 is 34.6 Å². The lowest BCUT2D eigenvalue weighted by molar-refractivity contribution is -0.140. The Balaban J connectivity index is 1.80. The summed E-state index contributed by atoms with van der Waals surface area (Å²) in [6.07, 6.45) is -3.57. The van der Waals surface area contributed by atoms with E-state index in [0.29, 0.717) is 16.9 Å². The topological polar surface area (TPSA) is 92.4 Å². The molecule has 0 aliphatic carbocycles. The van der Waals surface area contributed by atoms with Gasteiger partial charge in [0.1, 0.15) is 35.5 Å². The summed E-state index contributed by atoms with van der Waals surface area (Å²) in [5, 5.41) is 18.7. The molecule has 6 nitrogen and oxygen atoms in total. The Labute approximate surface area is 175 Å². The molecule has 0 aliphatic heterocycles. The van der Waals surface area contributed by atoms with Crippen LogP contribution in [0.25, 0.3) is 0 Å². The first-order chi connectivity index (χ1) is 14.7. The lowest BCUT2D eigenvalue weighted by Crippen LogP contribution is -2.11. The van der Waals surface area contributed by atoms with Gasteiger partial charge in [0.05, 0.1) is 11.1 Å². The number of pyridine rings is 1. The number of nitriles is 1. The lowest BCUT2D eigenvalue weighted by Gasteiger charge is -2.17. The Morgan fingerprint density at radius 2 is 1.97 bits per heavy atom. The van der Waals surface area contributed by atoms with E-state index in [4.69, 9.17) is 14.7 Å². The number of benzene rings is 2. The number of aromatic nitrogens is 1. The number of carbonyl (C=O) groups excluding carboxylic acids is 1. The van der Waals surface area contributed by atoms with Gasteiger partial charge in [-0.3, -0.25) is 4.79 Å². The predicted octanol–water partition coefficient (Wildman–Crippen LogP) is 5.25. The molecule has 31 heavy (non-hydrogen) atoms. The average Bonchev–Trinajstić information content (AvgIpc) is 2.72. The van der Waals surface area contributed by atoms with Crippen molar-refractivity contribution in [1.29, 1.82) is 5.26 Å². The molecule has 0 saturated carbocycles. The Bertz CT molecular complexity index is 1150. The molecule has 0 unspecified atom stereocenters. The number of phenolic OH excluding ortho intramolecular Hbond substituents is 1. The number of alkyl halides is 3. The van der Waals surface area contributed by atoms with Crippen LogP contribution in [0.1, 0.15) is 34.0 Å². The van der Waals surface area contributed by atoms with Gasteiger partial charge in [0, 0.05) is 12.3 Å². The molecule has 0 saturated heterocycles. The number of nitrogens with zero attached hydrogens (tertiary/aromatic N) is 2. The van der Waals surface area contributed by atoms with E-state index in [9.17, 15) is 23.1 Å². The summed E-state index contributed by atoms with van der Waals surface area (Å²) >= 11 is 0. The molecular formula is C22H15F3N2O4. The van der Waals surface area contributed by atoms with Crippen molar-refractivity contribution in [1.82, 2.24) is 4.98 Å². The summed E-state index contributed by atoms with van der Waals surface area (Å²) in [6, 6.07) is 13.5. The molecule has 0 fully saturated rings. The van der Waals surface area contributed by atoms with E-state index in [-0.39, 0.29) is 12.5 Å². The van der Waals surface area contributed by atoms with Gasteiger partial charge in [-0.05, 0) is 42.8 Å². The Kier molecular flexibility index (Phi) is 6.11. The molecule has 9 heteroatoms. The molecule has 0 spiro atoms. The van der Waals surface area contributed by atoms with E-state index in [1.54, 1.807) is 24.3 Å². The number of ether oxygens (including phenoxy) is 2. The summed E-state index contributed by atoms with van der Waals surface area (Å²) in [4.78, 5) is 15.4. The van der Waals surface area contributed by atoms with Crippen LogP contribution in [0.2, 0.25) is 0 Å². The third-order valence-electron chi connectivity index (χ3n) is 4.18. The first kappa shape index (κ1) is 21.6. The van der Waals surface area contributed by atoms with Crippen LogP contribution in [0.15, 0.2) is 54.7 Å². The maximum Gasteiger partial charge on any atom is 0.423 e. The molecule has 3 rings (SSSR count). The zero-order valence-corrected chi connectivity index (χ0v) is 16.1. The van der Waals surface area contributed by atoms with Gasteiger partial charge in [0.15, 0.2) is 5.78 Å². The number of halogens is 3. The van der Waals surface area contributed by atoms with E-state index in [1.165, 1.54) is 18.3 Å². The van der Waals surface area contributed by atoms with Crippen molar-refractivity contribution in [2.24, 2.45) is 0 Å². The second-order valence-corrected chi connectivity index (χ2v) is 6.42. The van der Waals surface area contributed by atoms with Gasteiger partial charge in [-0.1, -0.05) is 12.1 Å². The minimum atomic E-state index is -4.92. The van der Waals surface area contributed by atoms with Crippen LogP contribution < -0.4 is 9.47 Å². The smallest absolute Gasteiger partial charge is 0.423 e. The summed E-state index contributed by atoms with van der Waals surface area (Å²) < 4.78 is 51.2. The highest BCUT2D eigenvalue weighted by Crippen LogP contribution is 2.44. The second-order valence-electron chi connectivity index (χ2n) is 6.42. The van der Waals surface area contributed by atoms with Crippen molar-refractivity contribution in [2.75, 3.05) is 0 Å².